The molecule has 1 aliphatic rings. The van der Waals surface area contributed by atoms with Crippen LogP contribution in [0.25, 0.3) is 0 Å². The van der Waals surface area contributed by atoms with E-state index in [4.69, 9.17) is 16.3 Å². The molecule has 0 saturated heterocycles. The number of aliphatic imine (C=N–C) groups is 1. The van der Waals surface area contributed by atoms with E-state index in [1.54, 1.807) is 7.11 Å². The predicted octanol–water partition coefficient (Wildman–Crippen LogP) is 1.79. The Hall–Kier alpha value is -1.42. The van der Waals surface area contributed by atoms with Crippen molar-refractivity contribution in [3.05, 3.63) is 28.8 Å². The van der Waals surface area contributed by atoms with Gasteiger partial charge in [0.15, 0.2) is 5.96 Å². The summed E-state index contributed by atoms with van der Waals surface area (Å²) in [5.41, 5.74) is 1.10. The van der Waals surface area contributed by atoms with Crippen molar-refractivity contribution in [1.29, 1.82) is 0 Å². The summed E-state index contributed by atoms with van der Waals surface area (Å²) in [6.45, 7) is 3.62. The summed E-state index contributed by atoms with van der Waals surface area (Å²) >= 11 is 6.05. The minimum atomic E-state index is 0.414. The van der Waals surface area contributed by atoms with E-state index in [2.05, 4.69) is 22.5 Å². The average molecular weight is 254 g/mol. The van der Waals surface area contributed by atoms with E-state index in [0.29, 0.717) is 23.4 Å². The predicted molar refractivity (Wildman–Crippen MR) is 69.7 cm³/mol. The fraction of sp³-hybridized carbons (Fsp3) is 0.417. The van der Waals surface area contributed by atoms with E-state index in [1.807, 2.05) is 18.2 Å². The fourth-order valence-electron chi connectivity index (χ4n) is 1.67. The van der Waals surface area contributed by atoms with Crippen LogP contribution in [0.5, 0.6) is 5.75 Å². The molecule has 1 aliphatic heterocycles. The van der Waals surface area contributed by atoms with Crippen LogP contribution in [0.15, 0.2) is 23.2 Å². The zero-order chi connectivity index (χ0) is 12.3. The van der Waals surface area contributed by atoms with Gasteiger partial charge in [0, 0.05) is 12.6 Å². The molecular weight excluding hydrogens is 238 g/mol. The molecule has 0 bridgehead atoms. The Bertz CT molecular complexity index is 434. The molecule has 2 N–H and O–H groups in total. The quantitative estimate of drug-likeness (QED) is 0.863. The zero-order valence-electron chi connectivity index (χ0n) is 9.96. The topological polar surface area (TPSA) is 45.6 Å². The van der Waals surface area contributed by atoms with Crippen LogP contribution in [-0.2, 0) is 6.54 Å². The van der Waals surface area contributed by atoms with Gasteiger partial charge in [0.2, 0.25) is 0 Å². The maximum Gasteiger partial charge on any atom is 0.191 e. The number of rotatable bonds is 3. The molecule has 4 nitrogen and oxygen atoms in total. The Morgan fingerprint density at radius 1 is 1.59 bits per heavy atom. The third kappa shape index (κ3) is 3.03. The SMILES string of the molecule is COc1ccc(CNC2=NCC(C)N2)cc1Cl. The monoisotopic (exact) mass is 253 g/mol. The van der Waals surface area contributed by atoms with Gasteiger partial charge in [-0.3, -0.25) is 4.99 Å². The van der Waals surface area contributed by atoms with Crippen molar-refractivity contribution in [3.63, 3.8) is 0 Å². The molecule has 1 heterocycles. The van der Waals surface area contributed by atoms with E-state index in [0.717, 1.165) is 18.1 Å². The van der Waals surface area contributed by atoms with Crippen molar-refractivity contribution >= 4 is 17.6 Å². The highest BCUT2D eigenvalue weighted by molar-refractivity contribution is 6.32. The van der Waals surface area contributed by atoms with Gasteiger partial charge >= 0.3 is 0 Å². The molecule has 1 aromatic carbocycles. The Labute approximate surface area is 106 Å². The molecular formula is C12H16ClN3O. The minimum absolute atomic E-state index is 0.414. The van der Waals surface area contributed by atoms with Gasteiger partial charge in [-0.1, -0.05) is 17.7 Å². The number of hydrogen-bond acceptors (Lipinski definition) is 4. The number of nitrogens with zero attached hydrogens (tertiary/aromatic N) is 1. The Balaban J connectivity index is 1.93. The van der Waals surface area contributed by atoms with Gasteiger partial charge in [0.05, 0.1) is 18.7 Å². The van der Waals surface area contributed by atoms with Crippen LogP contribution in [0.1, 0.15) is 12.5 Å². The van der Waals surface area contributed by atoms with Crippen LogP contribution >= 0.6 is 11.6 Å². The highest BCUT2D eigenvalue weighted by atomic mass is 35.5. The van der Waals surface area contributed by atoms with Crippen molar-refractivity contribution < 1.29 is 4.74 Å². The second-order valence-electron chi connectivity index (χ2n) is 4.06. The molecule has 0 spiro atoms. The lowest BCUT2D eigenvalue weighted by atomic mass is 10.2. The van der Waals surface area contributed by atoms with Gasteiger partial charge in [-0.05, 0) is 24.6 Å². The van der Waals surface area contributed by atoms with Crippen molar-refractivity contribution in [2.24, 2.45) is 4.99 Å². The number of ether oxygens (including phenoxy) is 1. The molecule has 1 atom stereocenters. The van der Waals surface area contributed by atoms with Crippen LogP contribution in [-0.4, -0.2) is 25.7 Å². The van der Waals surface area contributed by atoms with Crippen molar-refractivity contribution in [1.82, 2.24) is 10.6 Å². The summed E-state index contributed by atoms with van der Waals surface area (Å²) in [6.07, 6.45) is 0. The highest BCUT2D eigenvalue weighted by Crippen LogP contribution is 2.24. The molecule has 2 rings (SSSR count). The Kier molecular flexibility index (Phi) is 3.74. The largest absolute Gasteiger partial charge is 0.495 e. The van der Waals surface area contributed by atoms with Crippen LogP contribution in [0, 0.1) is 0 Å². The molecule has 92 valence electrons. The molecule has 0 saturated carbocycles. The summed E-state index contributed by atoms with van der Waals surface area (Å²) in [4.78, 5) is 4.32. The molecule has 17 heavy (non-hydrogen) atoms. The van der Waals surface area contributed by atoms with Gasteiger partial charge in [-0.25, -0.2) is 0 Å². The van der Waals surface area contributed by atoms with Crippen LogP contribution in [0.3, 0.4) is 0 Å². The van der Waals surface area contributed by atoms with E-state index in [1.165, 1.54) is 0 Å². The molecule has 0 aromatic heterocycles. The average Bonchev–Trinajstić information content (AvgIpc) is 2.73. The first-order chi connectivity index (χ1) is 8.19. The van der Waals surface area contributed by atoms with E-state index in [9.17, 15) is 0 Å². The van der Waals surface area contributed by atoms with E-state index >= 15 is 0 Å². The lowest BCUT2D eigenvalue weighted by Crippen LogP contribution is -2.37. The molecule has 0 amide bonds. The first-order valence-electron chi connectivity index (χ1n) is 5.56. The van der Waals surface area contributed by atoms with Crippen LogP contribution < -0.4 is 15.4 Å². The number of guanidine groups is 1. The number of benzene rings is 1. The summed E-state index contributed by atoms with van der Waals surface area (Å²) in [5, 5.41) is 7.10. The number of methoxy groups -OCH3 is 1. The van der Waals surface area contributed by atoms with Crippen molar-refractivity contribution in [2.75, 3.05) is 13.7 Å². The Morgan fingerprint density at radius 2 is 2.41 bits per heavy atom. The normalized spacial score (nSPS) is 18.5. The number of halogens is 1. The first-order valence-corrected chi connectivity index (χ1v) is 5.94. The highest BCUT2D eigenvalue weighted by Gasteiger charge is 2.11. The lowest BCUT2D eigenvalue weighted by Gasteiger charge is -2.10. The van der Waals surface area contributed by atoms with Gasteiger partial charge in [-0.15, -0.1) is 0 Å². The second kappa shape index (κ2) is 5.27. The molecule has 1 unspecified atom stereocenters. The number of nitrogens with one attached hydrogen (secondary N) is 2. The van der Waals surface area contributed by atoms with Crippen LogP contribution in [0.4, 0.5) is 0 Å². The zero-order valence-corrected chi connectivity index (χ0v) is 10.7. The summed E-state index contributed by atoms with van der Waals surface area (Å²) in [5.74, 6) is 1.55. The van der Waals surface area contributed by atoms with Gasteiger partial charge < -0.3 is 15.4 Å². The maximum atomic E-state index is 6.05. The standard InChI is InChI=1S/C12H16ClN3O/c1-8-6-14-12(16-8)15-7-9-3-4-11(17-2)10(13)5-9/h3-5,8H,6-7H2,1-2H3,(H2,14,15,16). The first kappa shape index (κ1) is 12.0. The molecule has 1 aromatic rings. The van der Waals surface area contributed by atoms with Gasteiger partial charge in [0.1, 0.15) is 5.75 Å². The third-order valence-electron chi connectivity index (χ3n) is 2.58. The Morgan fingerprint density at radius 3 is 3.00 bits per heavy atom. The third-order valence-corrected chi connectivity index (χ3v) is 2.88. The summed E-state index contributed by atoms with van der Waals surface area (Å²) < 4.78 is 5.10. The maximum absolute atomic E-state index is 6.05. The minimum Gasteiger partial charge on any atom is -0.495 e. The second-order valence-corrected chi connectivity index (χ2v) is 4.46. The fourth-order valence-corrected chi connectivity index (χ4v) is 1.95. The molecule has 0 radical (unpaired) electrons. The van der Waals surface area contributed by atoms with Crippen molar-refractivity contribution in [2.45, 2.75) is 19.5 Å². The molecule has 5 heteroatoms. The van der Waals surface area contributed by atoms with Gasteiger partial charge in [0.25, 0.3) is 0 Å². The number of hydrogen-bond donors (Lipinski definition) is 2. The molecule has 0 fully saturated rings. The van der Waals surface area contributed by atoms with Crippen molar-refractivity contribution in [3.8, 4) is 5.75 Å². The van der Waals surface area contributed by atoms with E-state index in [-0.39, 0.29) is 0 Å². The lowest BCUT2D eigenvalue weighted by molar-refractivity contribution is 0.415. The smallest absolute Gasteiger partial charge is 0.191 e. The summed E-state index contributed by atoms with van der Waals surface area (Å²) in [6, 6.07) is 6.16. The van der Waals surface area contributed by atoms with E-state index < -0.39 is 0 Å². The van der Waals surface area contributed by atoms with Gasteiger partial charge in [-0.2, -0.15) is 0 Å². The molecule has 0 aliphatic carbocycles. The summed E-state index contributed by atoms with van der Waals surface area (Å²) in [7, 11) is 1.61. The van der Waals surface area contributed by atoms with Crippen LogP contribution in [0.2, 0.25) is 5.02 Å².